The van der Waals surface area contributed by atoms with E-state index in [-0.39, 0.29) is 33.9 Å². The Morgan fingerprint density at radius 1 is 1.25 bits per heavy atom. The minimum Gasteiger partial charge on any atom is -0.381 e. The summed E-state index contributed by atoms with van der Waals surface area (Å²) in [5, 5.41) is 0. The molecule has 0 atom stereocenters. The van der Waals surface area contributed by atoms with Crippen LogP contribution >= 0.6 is 0 Å². The molecule has 0 heterocycles. The summed E-state index contributed by atoms with van der Waals surface area (Å²) in [6.45, 7) is 0. The third kappa shape index (κ3) is 11.7. The van der Waals surface area contributed by atoms with Crippen molar-refractivity contribution in [2.24, 2.45) is 0 Å². The van der Waals surface area contributed by atoms with Crippen LogP contribution in [0.1, 0.15) is 0 Å². The van der Waals surface area contributed by atoms with Crippen molar-refractivity contribution >= 4 is 10.1 Å². The zero-order chi connectivity index (χ0) is 2.00. The second-order valence-electron chi connectivity index (χ2n) is 0. The van der Waals surface area contributed by atoms with E-state index in [2.05, 4.69) is 0 Å². The Morgan fingerprint density at radius 3 is 1.25 bits per heavy atom. The van der Waals surface area contributed by atoms with Crippen molar-refractivity contribution in [3.8, 4) is 0 Å². The summed E-state index contributed by atoms with van der Waals surface area (Å²) in [7, 11) is 1.72. The van der Waals surface area contributed by atoms with Crippen LogP contribution in [0.25, 0.3) is 0 Å². The monoisotopic (exact) mass is 154 g/mol. The standard InChI is InChI=1S/Cr.Ni.OSi/c;;1-2. The molecular weight excluding hydrogens is 155 g/mol. The third-order valence-corrected chi connectivity index (χ3v) is 0. The van der Waals surface area contributed by atoms with E-state index in [1.165, 1.54) is 0 Å². The summed E-state index contributed by atoms with van der Waals surface area (Å²) >= 11 is 0. The molecule has 0 unspecified atom stereocenters. The van der Waals surface area contributed by atoms with Crippen molar-refractivity contribution in [3.63, 3.8) is 0 Å². The minimum atomic E-state index is 0. The maximum Gasteiger partial charge on any atom is 0.381 e. The average molecular weight is 155 g/mol. The quantitative estimate of drug-likeness (QED) is 0.430. The van der Waals surface area contributed by atoms with Gasteiger partial charge in [-0.2, -0.15) is 0 Å². The van der Waals surface area contributed by atoms with Gasteiger partial charge in [-0.3, -0.25) is 0 Å². The number of hydrogen-bond acceptors (Lipinski definition) is 1. The molecule has 0 aliphatic rings. The summed E-state index contributed by atoms with van der Waals surface area (Å²) < 4.78 is 8.06. The van der Waals surface area contributed by atoms with Gasteiger partial charge in [0, 0.05) is 33.9 Å². The molecule has 0 spiro atoms. The Hall–Kier alpha value is 1.04. The van der Waals surface area contributed by atoms with Gasteiger partial charge >= 0.3 is 10.1 Å². The molecule has 0 fully saturated rings. The van der Waals surface area contributed by atoms with Crippen molar-refractivity contribution < 1.29 is 38.3 Å². The molecule has 0 aliphatic carbocycles. The Balaban J connectivity index is -0.00000000500. The number of rotatable bonds is 0. The molecule has 0 rings (SSSR count). The van der Waals surface area contributed by atoms with E-state index in [0.29, 0.717) is 0 Å². The first-order valence-corrected chi connectivity index (χ1v) is 0.612. The van der Waals surface area contributed by atoms with Crippen LogP contribution in [0.3, 0.4) is 0 Å². The average Bonchev–Trinajstić information content (AvgIpc) is 1.00. The fourth-order valence-electron chi connectivity index (χ4n) is 0. The molecule has 0 aromatic heterocycles. The van der Waals surface area contributed by atoms with Crippen molar-refractivity contribution in [1.82, 2.24) is 0 Å². The normalized spacial score (nSPS) is 1.00. The third-order valence-electron chi connectivity index (χ3n) is 0. The van der Waals surface area contributed by atoms with Crippen molar-refractivity contribution in [1.29, 1.82) is 0 Å². The molecule has 4 heavy (non-hydrogen) atoms. The zero-order valence-electron chi connectivity index (χ0n) is 1.63. The van der Waals surface area contributed by atoms with E-state index in [0.717, 1.165) is 0 Å². The van der Waals surface area contributed by atoms with Crippen LogP contribution in [0.15, 0.2) is 0 Å². The summed E-state index contributed by atoms with van der Waals surface area (Å²) in [6.07, 6.45) is 0. The molecule has 4 heteroatoms. The van der Waals surface area contributed by atoms with Crippen LogP contribution < -0.4 is 0 Å². The van der Waals surface area contributed by atoms with Crippen LogP contribution in [-0.4, -0.2) is 10.1 Å². The van der Waals surface area contributed by atoms with Gasteiger partial charge in [-0.1, -0.05) is 0 Å². The zero-order valence-corrected chi connectivity index (χ0v) is 4.90. The second-order valence-corrected chi connectivity index (χ2v) is 0. The molecule has 0 aromatic rings. The second kappa shape index (κ2) is 34.4. The summed E-state index contributed by atoms with van der Waals surface area (Å²) in [6, 6.07) is 0. The molecule has 0 aliphatic heterocycles. The first kappa shape index (κ1) is 19.8. The van der Waals surface area contributed by atoms with Gasteiger partial charge < -0.3 is 4.46 Å². The summed E-state index contributed by atoms with van der Waals surface area (Å²) in [5.41, 5.74) is 0. The van der Waals surface area contributed by atoms with Gasteiger partial charge in [-0.15, -0.1) is 0 Å². The van der Waals surface area contributed by atoms with E-state index >= 15 is 0 Å². The topological polar surface area (TPSA) is 17.1 Å². The van der Waals surface area contributed by atoms with Gasteiger partial charge in [-0.25, -0.2) is 0 Å². The fourth-order valence-corrected chi connectivity index (χ4v) is 0. The van der Waals surface area contributed by atoms with Gasteiger partial charge in [0.15, 0.2) is 0 Å². The van der Waals surface area contributed by atoms with Gasteiger partial charge in [0.2, 0.25) is 0 Å². The summed E-state index contributed by atoms with van der Waals surface area (Å²) in [5.74, 6) is 0. The minimum absolute atomic E-state index is 0. The molecular formula is CrNiOSi. The Labute approximate surface area is 48.7 Å². The van der Waals surface area contributed by atoms with Gasteiger partial charge in [0.05, 0.1) is 0 Å². The first-order valence-electron chi connectivity index (χ1n) is 0.204. The molecule has 0 aromatic carbocycles. The van der Waals surface area contributed by atoms with E-state index < -0.39 is 0 Å². The van der Waals surface area contributed by atoms with Crippen LogP contribution in [0.4, 0.5) is 0 Å². The van der Waals surface area contributed by atoms with E-state index in [1.807, 2.05) is 0 Å². The van der Waals surface area contributed by atoms with Crippen molar-refractivity contribution in [3.05, 3.63) is 0 Å². The summed E-state index contributed by atoms with van der Waals surface area (Å²) in [4.78, 5) is 0. The van der Waals surface area contributed by atoms with Crippen LogP contribution in [0.2, 0.25) is 0 Å². The Morgan fingerprint density at radius 2 is 1.25 bits per heavy atom. The van der Waals surface area contributed by atoms with Gasteiger partial charge in [0.1, 0.15) is 0 Å². The maximum absolute atomic E-state index is 8.06. The van der Waals surface area contributed by atoms with E-state index in [9.17, 15) is 0 Å². The molecule has 1 nitrogen and oxygen atoms in total. The van der Waals surface area contributed by atoms with E-state index in [1.54, 1.807) is 10.1 Å². The maximum atomic E-state index is 8.06. The first-order chi connectivity index (χ1) is 1.00. The smallest absolute Gasteiger partial charge is 0.381 e. The molecule has 0 amide bonds. The van der Waals surface area contributed by atoms with Crippen LogP contribution in [0.5, 0.6) is 0 Å². The molecule has 0 N–H and O–H groups in total. The molecule has 26 valence electrons. The van der Waals surface area contributed by atoms with Crippen molar-refractivity contribution in [2.45, 2.75) is 0 Å². The van der Waals surface area contributed by atoms with E-state index in [4.69, 9.17) is 4.46 Å². The molecule has 0 saturated carbocycles. The Kier molecular flexibility index (Phi) is 170. The largest absolute Gasteiger partial charge is 0.381 e. The van der Waals surface area contributed by atoms with Crippen LogP contribution in [-0.2, 0) is 38.3 Å². The van der Waals surface area contributed by atoms with Gasteiger partial charge in [-0.05, 0) is 0 Å². The van der Waals surface area contributed by atoms with Gasteiger partial charge in [0.25, 0.3) is 0 Å². The SMILES string of the molecule is O=[Si].[Cr].[Ni]. The molecule has 0 saturated heterocycles. The fraction of sp³-hybridized carbons (Fsp3) is 0. The predicted octanol–water partition coefficient (Wildman–Crippen LogP) is -0.505. The predicted molar refractivity (Wildman–Crippen MR) is 6.44 cm³/mol. The number of hydrogen-bond donors (Lipinski definition) is 0. The molecule has 0 bridgehead atoms. The Bertz CT molecular complexity index is 8.00. The molecule has 2 radical (unpaired) electrons. The van der Waals surface area contributed by atoms with Crippen LogP contribution in [0, 0.1) is 0 Å². The van der Waals surface area contributed by atoms with Crippen molar-refractivity contribution in [2.75, 3.05) is 0 Å².